The third kappa shape index (κ3) is 12.3. The minimum absolute atomic E-state index is 0.0233. The number of carboxylic acid groups (broad SMARTS) is 1. The first-order valence-corrected chi connectivity index (χ1v) is 13.9. The Balaban J connectivity index is 3.12. The van der Waals surface area contributed by atoms with Crippen LogP contribution < -0.4 is 21.7 Å². The van der Waals surface area contributed by atoms with Crippen molar-refractivity contribution in [2.45, 2.75) is 77.5 Å². The van der Waals surface area contributed by atoms with Crippen LogP contribution >= 0.6 is 11.8 Å². The van der Waals surface area contributed by atoms with Gasteiger partial charge in [0.15, 0.2) is 0 Å². The number of aromatic hydroxyl groups is 1. The first kappa shape index (κ1) is 32.2. The predicted molar refractivity (Wildman–Crippen MR) is 145 cm³/mol. The molecule has 208 valence electrons. The smallest absolute Gasteiger partial charge is 0.326 e. The number of carbonyl (C=O) groups excluding carboxylic acids is 3. The second kappa shape index (κ2) is 16.1. The number of benzene rings is 1. The Kier molecular flexibility index (Phi) is 14.1. The number of hydrogen-bond donors (Lipinski definition) is 6. The Morgan fingerprint density at radius 1 is 0.838 bits per heavy atom. The van der Waals surface area contributed by atoms with Crippen molar-refractivity contribution in [1.82, 2.24) is 16.0 Å². The highest BCUT2D eigenvalue weighted by Crippen LogP contribution is 2.13. The zero-order chi connectivity index (χ0) is 28.1. The van der Waals surface area contributed by atoms with Crippen molar-refractivity contribution in [2.75, 3.05) is 12.0 Å². The number of phenols is 1. The summed E-state index contributed by atoms with van der Waals surface area (Å²) in [5, 5.41) is 27.0. The topological polar surface area (TPSA) is 171 Å². The number of thioether (sulfide) groups is 1. The SMILES string of the molecule is CSCCC(NC(=O)C(CC(C)C)NC(=O)C(Cc1ccc(O)cc1)NC(=O)C(N)CC(C)C)C(=O)O. The summed E-state index contributed by atoms with van der Waals surface area (Å²) >= 11 is 1.47. The Morgan fingerprint density at radius 2 is 1.35 bits per heavy atom. The fourth-order valence-corrected chi connectivity index (χ4v) is 4.18. The summed E-state index contributed by atoms with van der Waals surface area (Å²) in [5.74, 6) is -2.00. The van der Waals surface area contributed by atoms with E-state index < -0.39 is 47.9 Å². The number of aliphatic carboxylic acids is 1. The summed E-state index contributed by atoms with van der Waals surface area (Å²) in [6.07, 6.45) is 2.91. The number of amides is 3. The zero-order valence-electron chi connectivity index (χ0n) is 22.3. The van der Waals surface area contributed by atoms with Gasteiger partial charge in [-0.25, -0.2) is 4.79 Å². The molecule has 11 heteroatoms. The van der Waals surface area contributed by atoms with Crippen LogP contribution in [0.25, 0.3) is 0 Å². The minimum Gasteiger partial charge on any atom is -0.508 e. The number of hydrogen-bond acceptors (Lipinski definition) is 7. The molecule has 1 aromatic carbocycles. The Bertz CT molecular complexity index is 894. The van der Waals surface area contributed by atoms with Gasteiger partial charge in [0.25, 0.3) is 0 Å². The lowest BCUT2D eigenvalue weighted by atomic mass is 9.99. The van der Waals surface area contributed by atoms with Gasteiger partial charge in [0.2, 0.25) is 17.7 Å². The molecule has 10 nitrogen and oxygen atoms in total. The van der Waals surface area contributed by atoms with Crippen LogP contribution in [0.2, 0.25) is 0 Å². The first-order chi connectivity index (χ1) is 17.3. The standard InChI is InChI=1S/C26H42N4O6S/c1-15(2)12-19(27)23(32)29-22(14-17-6-8-18(31)9-7-17)25(34)30-21(13-16(3)4)24(33)28-20(26(35)36)10-11-37-5/h6-9,15-16,19-22,31H,10-14,27H2,1-5H3,(H,28,33)(H,29,32)(H,30,34)(H,35,36). The molecule has 0 aliphatic heterocycles. The van der Waals surface area contributed by atoms with E-state index in [1.165, 1.54) is 23.9 Å². The van der Waals surface area contributed by atoms with Gasteiger partial charge in [0.05, 0.1) is 6.04 Å². The molecule has 0 aromatic heterocycles. The number of phenolic OH excluding ortho intramolecular Hbond substituents is 1. The van der Waals surface area contributed by atoms with Crippen molar-refractivity contribution in [3.05, 3.63) is 29.8 Å². The molecule has 3 amide bonds. The van der Waals surface area contributed by atoms with Crippen molar-refractivity contribution in [3.63, 3.8) is 0 Å². The number of nitrogens with one attached hydrogen (secondary N) is 3. The predicted octanol–water partition coefficient (Wildman–Crippen LogP) is 1.65. The van der Waals surface area contributed by atoms with Gasteiger partial charge in [0, 0.05) is 6.42 Å². The second-order valence-corrected chi connectivity index (χ2v) is 11.0. The van der Waals surface area contributed by atoms with Gasteiger partial charge in [-0.3, -0.25) is 14.4 Å². The molecule has 37 heavy (non-hydrogen) atoms. The molecule has 1 rings (SSSR count). The van der Waals surface area contributed by atoms with Gasteiger partial charge in [-0.15, -0.1) is 0 Å². The molecular formula is C26H42N4O6S. The molecule has 0 bridgehead atoms. The second-order valence-electron chi connectivity index (χ2n) is 10.0. The van der Waals surface area contributed by atoms with Crippen LogP contribution in [-0.2, 0) is 25.6 Å². The molecule has 0 aliphatic carbocycles. The van der Waals surface area contributed by atoms with E-state index in [4.69, 9.17) is 5.73 Å². The highest BCUT2D eigenvalue weighted by molar-refractivity contribution is 7.98. The maximum atomic E-state index is 13.4. The molecule has 7 N–H and O–H groups in total. The van der Waals surface area contributed by atoms with Crippen LogP contribution in [0.4, 0.5) is 0 Å². The summed E-state index contributed by atoms with van der Waals surface area (Å²) < 4.78 is 0. The third-order valence-electron chi connectivity index (χ3n) is 5.64. The van der Waals surface area contributed by atoms with Crippen molar-refractivity contribution >= 4 is 35.5 Å². The van der Waals surface area contributed by atoms with E-state index in [2.05, 4.69) is 16.0 Å². The fourth-order valence-electron chi connectivity index (χ4n) is 3.71. The van der Waals surface area contributed by atoms with Crippen LogP contribution in [0.15, 0.2) is 24.3 Å². The number of carbonyl (C=O) groups is 4. The molecular weight excluding hydrogens is 496 g/mol. The number of nitrogens with two attached hydrogens (primary N) is 1. The van der Waals surface area contributed by atoms with E-state index in [1.807, 2.05) is 34.0 Å². The Morgan fingerprint density at radius 3 is 1.86 bits per heavy atom. The van der Waals surface area contributed by atoms with Gasteiger partial charge in [0.1, 0.15) is 23.9 Å². The van der Waals surface area contributed by atoms with E-state index in [9.17, 15) is 29.4 Å². The molecule has 0 heterocycles. The van der Waals surface area contributed by atoms with Crippen molar-refractivity contribution < 1.29 is 29.4 Å². The lowest BCUT2D eigenvalue weighted by Gasteiger charge is -2.26. The first-order valence-electron chi connectivity index (χ1n) is 12.5. The molecule has 0 fully saturated rings. The Labute approximate surface area is 223 Å². The highest BCUT2D eigenvalue weighted by Gasteiger charge is 2.31. The van der Waals surface area contributed by atoms with Crippen LogP contribution in [0.1, 0.15) is 52.5 Å². The molecule has 4 atom stereocenters. The average molecular weight is 539 g/mol. The van der Waals surface area contributed by atoms with E-state index in [0.29, 0.717) is 17.7 Å². The summed E-state index contributed by atoms with van der Waals surface area (Å²) in [6, 6.07) is 2.31. The fraction of sp³-hybridized carbons (Fsp3) is 0.615. The zero-order valence-corrected chi connectivity index (χ0v) is 23.1. The largest absolute Gasteiger partial charge is 0.508 e. The lowest BCUT2D eigenvalue weighted by molar-refractivity contribution is -0.142. The monoisotopic (exact) mass is 538 g/mol. The van der Waals surface area contributed by atoms with E-state index in [1.54, 1.807) is 12.1 Å². The summed E-state index contributed by atoms with van der Waals surface area (Å²) in [5.41, 5.74) is 6.70. The quantitative estimate of drug-likeness (QED) is 0.184. The van der Waals surface area contributed by atoms with Crippen molar-refractivity contribution in [3.8, 4) is 5.75 Å². The van der Waals surface area contributed by atoms with Crippen LogP contribution in [0, 0.1) is 11.8 Å². The number of carboxylic acids is 1. The van der Waals surface area contributed by atoms with Gasteiger partial charge >= 0.3 is 5.97 Å². The Hall–Kier alpha value is -2.79. The van der Waals surface area contributed by atoms with E-state index in [0.717, 1.165) is 0 Å². The minimum atomic E-state index is -1.14. The molecule has 0 aliphatic rings. The molecule has 1 aromatic rings. The highest BCUT2D eigenvalue weighted by atomic mass is 32.2. The van der Waals surface area contributed by atoms with Gasteiger partial charge in [-0.2, -0.15) is 11.8 Å². The summed E-state index contributed by atoms with van der Waals surface area (Å²) in [6.45, 7) is 7.64. The molecule has 0 saturated heterocycles. The van der Waals surface area contributed by atoms with Crippen LogP contribution in [0.3, 0.4) is 0 Å². The molecule has 0 saturated carbocycles. The average Bonchev–Trinajstić information content (AvgIpc) is 2.80. The van der Waals surface area contributed by atoms with Crippen molar-refractivity contribution in [1.29, 1.82) is 0 Å². The maximum Gasteiger partial charge on any atom is 0.326 e. The normalized spacial score (nSPS) is 14.5. The lowest BCUT2D eigenvalue weighted by Crippen LogP contribution is -2.58. The molecule has 0 spiro atoms. The molecule has 4 unspecified atom stereocenters. The van der Waals surface area contributed by atoms with E-state index in [-0.39, 0.29) is 36.8 Å². The van der Waals surface area contributed by atoms with Gasteiger partial charge < -0.3 is 31.9 Å². The van der Waals surface area contributed by atoms with Crippen molar-refractivity contribution in [2.24, 2.45) is 17.6 Å². The van der Waals surface area contributed by atoms with Crippen LogP contribution in [0.5, 0.6) is 5.75 Å². The summed E-state index contributed by atoms with van der Waals surface area (Å²) in [7, 11) is 0. The number of rotatable bonds is 16. The van der Waals surface area contributed by atoms with Gasteiger partial charge in [-0.1, -0.05) is 39.8 Å². The summed E-state index contributed by atoms with van der Waals surface area (Å²) in [4.78, 5) is 50.8. The van der Waals surface area contributed by atoms with Crippen LogP contribution in [-0.4, -0.2) is 70.1 Å². The maximum absolute atomic E-state index is 13.4. The third-order valence-corrected chi connectivity index (χ3v) is 6.28. The molecule has 0 radical (unpaired) electrons. The van der Waals surface area contributed by atoms with E-state index >= 15 is 0 Å². The van der Waals surface area contributed by atoms with Gasteiger partial charge in [-0.05, 0) is 60.8 Å².